The van der Waals surface area contributed by atoms with E-state index in [4.69, 9.17) is 5.73 Å². The van der Waals surface area contributed by atoms with E-state index >= 15 is 0 Å². The number of hydrogen-bond acceptors (Lipinski definition) is 3. The largest absolute Gasteiger partial charge is 0.326 e. The highest BCUT2D eigenvalue weighted by molar-refractivity contribution is 7.07. The Balaban J connectivity index is 2.16. The van der Waals surface area contributed by atoms with Crippen molar-refractivity contribution in [1.82, 2.24) is 4.90 Å². The minimum absolute atomic E-state index is 0.128. The lowest BCUT2D eigenvalue weighted by molar-refractivity contribution is 0.0620. The van der Waals surface area contributed by atoms with Gasteiger partial charge in [-0.1, -0.05) is 6.92 Å². The van der Waals surface area contributed by atoms with E-state index in [0.29, 0.717) is 0 Å². The van der Waals surface area contributed by atoms with Crippen molar-refractivity contribution in [2.24, 2.45) is 5.73 Å². The van der Waals surface area contributed by atoms with Gasteiger partial charge in [-0.15, -0.1) is 0 Å². The van der Waals surface area contributed by atoms with E-state index in [0.717, 1.165) is 19.0 Å². The van der Waals surface area contributed by atoms with Crippen LogP contribution in [-0.2, 0) is 6.54 Å². The third-order valence-corrected chi connectivity index (χ3v) is 5.01. The molecule has 0 saturated heterocycles. The Hall–Kier alpha value is -0.380. The highest BCUT2D eigenvalue weighted by atomic mass is 32.1. The van der Waals surface area contributed by atoms with E-state index in [1.807, 2.05) is 0 Å². The topological polar surface area (TPSA) is 29.3 Å². The Morgan fingerprint density at radius 1 is 1.59 bits per heavy atom. The first kappa shape index (κ1) is 13.1. The maximum Gasteiger partial charge on any atom is 0.0333 e. The van der Waals surface area contributed by atoms with Crippen molar-refractivity contribution in [2.75, 3.05) is 0 Å². The molecule has 0 amide bonds. The zero-order valence-electron chi connectivity index (χ0n) is 11.1. The summed E-state index contributed by atoms with van der Waals surface area (Å²) in [6, 6.07) is 3.20. The van der Waals surface area contributed by atoms with Crippen molar-refractivity contribution in [2.45, 2.75) is 64.2 Å². The molecule has 1 aromatic rings. The van der Waals surface area contributed by atoms with E-state index in [2.05, 4.69) is 42.5 Å². The average Bonchev–Trinajstić information content (AvgIpc) is 3.02. The van der Waals surface area contributed by atoms with E-state index < -0.39 is 0 Å². The van der Waals surface area contributed by atoms with Gasteiger partial charge in [0.1, 0.15) is 0 Å². The lowest BCUT2D eigenvalue weighted by Gasteiger charge is -2.44. The molecule has 17 heavy (non-hydrogen) atoms. The molecule has 1 saturated carbocycles. The van der Waals surface area contributed by atoms with Crippen LogP contribution < -0.4 is 5.73 Å². The molecule has 2 N–H and O–H groups in total. The molecule has 0 bridgehead atoms. The lowest BCUT2D eigenvalue weighted by atomic mass is 9.88. The third kappa shape index (κ3) is 2.72. The lowest BCUT2D eigenvalue weighted by Crippen LogP contribution is -2.57. The van der Waals surface area contributed by atoms with Crippen molar-refractivity contribution in [1.29, 1.82) is 0 Å². The second kappa shape index (κ2) is 5.09. The van der Waals surface area contributed by atoms with Crippen LogP contribution >= 0.6 is 11.3 Å². The standard InChI is InChI=1S/C14H24N2S/c1-4-14(3,11(2)15)16(13-5-6-13)9-12-7-8-17-10-12/h7-8,10-11,13H,4-6,9,15H2,1-3H3. The van der Waals surface area contributed by atoms with Gasteiger partial charge in [-0.2, -0.15) is 11.3 Å². The van der Waals surface area contributed by atoms with Gasteiger partial charge in [-0.3, -0.25) is 4.90 Å². The number of nitrogens with zero attached hydrogens (tertiary/aromatic N) is 1. The molecular weight excluding hydrogens is 228 g/mol. The van der Waals surface area contributed by atoms with E-state index in [1.165, 1.54) is 18.4 Å². The second-order valence-electron chi connectivity index (χ2n) is 5.49. The number of nitrogens with two attached hydrogens (primary N) is 1. The molecule has 0 aliphatic heterocycles. The first-order chi connectivity index (χ1) is 8.08. The van der Waals surface area contributed by atoms with Crippen molar-refractivity contribution in [3.05, 3.63) is 22.4 Å². The molecule has 3 heteroatoms. The van der Waals surface area contributed by atoms with Gasteiger partial charge in [0.25, 0.3) is 0 Å². The molecule has 2 atom stereocenters. The minimum Gasteiger partial charge on any atom is -0.326 e. The third-order valence-electron chi connectivity index (χ3n) is 4.27. The van der Waals surface area contributed by atoms with Gasteiger partial charge < -0.3 is 5.73 Å². The molecule has 2 nitrogen and oxygen atoms in total. The first-order valence-corrected chi connectivity index (χ1v) is 7.55. The van der Waals surface area contributed by atoms with E-state index in [9.17, 15) is 0 Å². The summed E-state index contributed by atoms with van der Waals surface area (Å²) in [6.07, 6.45) is 3.80. The van der Waals surface area contributed by atoms with Crippen molar-refractivity contribution in [3.8, 4) is 0 Å². The fraction of sp³-hybridized carbons (Fsp3) is 0.714. The molecular formula is C14H24N2S. The van der Waals surface area contributed by atoms with E-state index in [1.54, 1.807) is 11.3 Å². The normalized spacial score (nSPS) is 21.5. The van der Waals surface area contributed by atoms with Gasteiger partial charge >= 0.3 is 0 Å². The van der Waals surface area contributed by atoms with Gasteiger partial charge in [0, 0.05) is 24.2 Å². The van der Waals surface area contributed by atoms with Crippen molar-refractivity contribution >= 4 is 11.3 Å². The predicted molar refractivity (Wildman–Crippen MR) is 75.2 cm³/mol. The predicted octanol–water partition coefficient (Wildman–Crippen LogP) is 3.23. The average molecular weight is 252 g/mol. The minimum atomic E-state index is 0.128. The zero-order chi connectivity index (χ0) is 12.5. The van der Waals surface area contributed by atoms with Crippen molar-refractivity contribution < 1.29 is 0 Å². The Morgan fingerprint density at radius 3 is 2.71 bits per heavy atom. The summed E-state index contributed by atoms with van der Waals surface area (Å²) in [5.41, 5.74) is 7.80. The summed E-state index contributed by atoms with van der Waals surface area (Å²) >= 11 is 1.78. The van der Waals surface area contributed by atoms with Crippen molar-refractivity contribution in [3.63, 3.8) is 0 Å². The molecule has 1 aliphatic carbocycles. The summed E-state index contributed by atoms with van der Waals surface area (Å²) in [6.45, 7) is 7.78. The Bertz CT molecular complexity index is 343. The maximum absolute atomic E-state index is 6.24. The number of rotatable bonds is 6. The summed E-state index contributed by atoms with van der Waals surface area (Å²) in [7, 11) is 0. The van der Waals surface area contributed by atoms with Crippen LogP contribution in [0.2, 0.25) is 0 Å². The van der Waals surface area contributed by atoms with Crippen LogP contribution in [0.5, 0.6) is 0 Å². The summed E-state index contributed by atoms with van der Waals surface area (Å²) in [4.78, 5) is 2.64. The Kier molecular flexibility index (Phi) is 3.91. The van der Waals surface area contributed by atoms with Crippen LogP contribution in [0.25, 0.3) is 0 Å². The fourth-order valence-electron chi connectivity index (χ4n) is 2.48. The number of hydrogen-bond donors (Lipinski definition) is 1. The monoisotopic (exact) mass is 252 g/mol. The quantitative estimate of drug-likeness (QED) is 0.842. The summed E-state index contributed by atoms with van der Waals surface area (Å²) in [5.74, 6) is 0. The van der Waals surface area contributed by atoms with Crippen LogP contribution in [0.1, 0.15) is 45.6 Å². The zero-order valence-corrected chi connectivity index (χ0v) is 12.0. The molecule has 0 aromatic carbocycles. The van der Waals surface area contributed by atoms with Crippen LogP contribution in [-0.4, -0.2) is 22.5 Å². The molecule has 96 valence electrons. The van der Waals surface area contributed by atoms with Gasteiger partial charge in [0.05, 0.1) is 0 Å². The SMILES string of the molecule is CCC(C)(C(C)N)N(Cc1ccsc1)C1CC1. The fourth-order valence-corrected chi connectivity index (χ4v) is 3.14. The van der Waals surface area contributed by atoms with E-state index in [-0.39, 0.29) is 11.6 Å². The Morgan fingerprint density at radius 2 is 2.29 bits per heavy atom. The Labute approximate surface area is 109 Å². The first-order valence-electron chi connectivity index (χ1n) is 6.61. The van der Waals surface area contributed by atoms with Gasteiger partial charge in [0.15, 0.2) is 0 Å². The molecule has 1 aliphatic rings. The van der Waals surface area contributed by atoms with Crippen LogP contribution in [0.4, 0.5) is 0 Å². The summed E-state index contributed by atoms with van der Waals surface area (Å²) in [5, 5.41) is 4.42. The van der Waals surface area contributed by atoms with Gasteiger partial charge in [0.2, 0.25) is 0 Å². The molecule has 1 fully saturated rings. The highest BCUT2D eigenvalue weighted by Gasteiger charge is 2.42. The second-order valence-corrected chi connectivity index (χ2v) is 6.27. The smallest absolute Gasteiger partial charge is 0.0333 e. The van der Waals surface area contributed by atoms with Crippen LogP contribution in [0.3, 0.4) is 0 Å². The molecule has 1 heterocycles. The number of thiophene rings is 1. The molecule has 0 spiro atoms. The molecule has 0 radical (unpaired) electrons. The molecule has 1 aromatic heterocycles. The van der Waals surface area contributed by atoms with Crippen LogP contribution in [0, 0.1) is 0 Å². The van der Waals surface area contributed by atoms with Gasteiger partial charge in [-0.25, -0.2) is 0 Å². The summed E-state index contributed by atoms with van der Waals surface area (Å²) < 4.78 is 0. The highest BCUT2D eigenvalue weighted by Crippen LogP contribution is 2.37. The van der Waals surface area contributed by atoms with Crippen LogP contribution in [0.15, 0.2) is 16.8 Å². The molecule has 2 unspecified atom stereocenters. The maximum atomic E-state index is 6.24. The molecule has 2 rings (SSSR count). The van der Waals surface area contributed by atoms with Gasteiger partial charge in [-0.05, 0) is 55.5 Å².